The summed E-state index contributed by atoms with van der Waals surface area (Å²) in [5.41, 5.74) is 0. The van der Waals surface area contributed by atoms with Crippen LogP contribution >= 0.6 is 0 Å². The SMILES string of the molecule is CC(C)C(C)C(=O)NC1C(C)CCNC1C. The molecule has 0 saturated carbocycles. The van der Waals surface area contributed by atoms with Crippen molar-refractivity contribution in [1.29, 1.82) is 0 Å². The van der Waals surface area contributed by atoms with Gasteiger partial charge in [0.2, 0.25) is 5.91 Å². The molecule has 3 nitrogen and oxygen atoms in total. The topological polar surface area (TPSA) is 41.1 Å². The second-order valence-electron chi connectivity index (χ2n) is 5.58. The molecule has 1 aliphatic heterocycles. The first kappa shape index (κ1) is 13.5. The van der Waals surface area contributed by atoms with Crippen LogP contribution in [0.5, 0.6) is 0 Å². The minimum Gasteiger partial charge on any atom is -0.351 e. The van der Waals surface area contributed by atoms with E-state index in [1.54, 1.807) is 0 Å². The molecule has 0 aromatic carbocycles. The second-order valence-corrected chi connectivity index (χ2v) is 5.58. The van der Waals surface area contributed by atoms with Gasteiger partial charge in [0.25, 0.3) is 0 Å². The van der Waals surface area contributed by atoms with Gasteiger partial charge in [-0.15, -0.1) is 0 Å². The summed E-state index contributed by atoms with van der Waals surface area (Å²) in [4.78, 5) is 12.0. The molecule has 1 heterocycles. The van der Waals surface area contributed by atoms with Gasteiger partial charge in [-0.05, 0) is 31.7 Å². The third kappa shape index (κ3) is 3.21. The van der Waals surface area contributed by atoms with Crippen LogP contribution in [-0.2, 0) is 4.79 Å². The summed E-state index contributed by atoms with van der Waals surface area (Å²) < 4.78 is 0. The van der Waals surface area contributed by atoms with Crippen molar-refractivity contribution >= 4 is 5.91 Å². The fourth-order valence-electron chi connectivity index (χ4n) is 2.20. The van der Waals surface area contributed by atoms with Crippen molar-refractivity contribution in [3.05, 3.63) is 0 Å². The van der Waals surface area contributed by atoms with Crippen molar-refractivity contribution in [2.24, 2.45) is 17.8 Å². The van der Waals surface area contributed by atoms with Gasteiger partial charge < -0.3 is 10.6 Å². The summed E-state index contributed by atoms with van der Waals surface area (Å²) in [7, 11) is 0. The highest BCUT2D eigenvalue weighted by Gasteiger charge is 2.30. The zero-order chi connectivity index (χ0) is 12.3. The van der Waals surface area contributed by atoms with E-state index < -0.39 is 0 Å². The monoisotopic (exact) mass is 226 g/mol. The average molecular weight is 226 g/mol. The van der Waals surface area contributed by atoms with Crippen molar-refractivity contribution in [3.63, 3.8) is 0 Å². The van der Waals surface area contributed by atoms with Gasteiger partial charge in [-0.2, -0.15) is 0 Å². The minimum absolute atomic E-state index is 0.0985. The number of amides is 1. The van der Waals surface area contributed by atoms with Gasteiger partial charge in [-0.25, -0.2) is 0 Å². The highest BCUT2D eigenvalue weighted by atomic mass is 16.1. The van der Waals surface area contributed by atoms with Gasteiger partial charge in [-0.1, -0.05) is 27.7 Å². The predicted molar refractivity (Wildman–Crippen MR) is 67.2 cm³/mol. The molecule has 1 saturated heterocycles. The quantitative estimate of drug-likeness (QED) is 0.770. The van der Waals surface area contributed by atoms with Gasteiger partial charge in [0, 0.05) is 18.0 Å². The van der Waals surface area contributed by atoms with Crippen LogP contribution in [0.4, 0.5) is 0 Å². The van der Waals surface area contributed by atoms with Gasteiger partial charge in [-0.3, -0.25) is 4.79 Å². The molecule has 4 unspecified atom stereocenters. The normalized spacial score (nSPS) is 32.5. The lowest BCUT2D eigenvalue weighted by Gasteiger charge is -2.36. The lowest BCUT2D eigenvalue weighted by Crippen LogP contribution is -2.56. The Hall–Kier alpha value is -0.570. The molecule has 16 heavy (non-hydrogen) atoms. The van der Waals surface area contributed by atoms with E-state index in [2.05, 4.69) is 38.3 Å². The maximum atomic E-state index is 12.0. The number of piperidine rings is 1. The average Bonchev–Trinajstić information content (AvgIpc) is 2.22. The first-order valence-electron chi connectivity index (χ1n) is 6.47. The molecule has 0 spiro atoms. The van der Waals surface area contributed by atoms with Gasteiger partial charge in [0.1, 0.15) is 0 Å². The number of hydrogen-bond acceptors (Lipinski definition) is 2. The first-order chi connectivity index (χ1) is 7.43. The van der Waals surface area contributed by atoms with E-state index in [0.717, 1.165) is 13.0 Å². The lowest BCUT2D eigenvalue weighted by molar-refractivity contribution is -0.127. The van der Waals surface area contributed by atoms with E-state index in [4.69, 9.17) is 0 Å². The molecule has 0 radical (unpaired) electrons. The van der Waals surface area contributed by atoms with Gasteiger partial charge in [0.15, 0.2) is 0 Å². The highest BCUT2D eigenvalue weighted by Crippen LogP contribution is 2.18. The van der Waals surface area contributed by atoms with E-state index in [1.165, 1.54) is 0 Å². The molecule has 0 aromatic rings. The Balaban J connectivity index is 2.54. The zero-order valence-electron chi connectivity index (χ0n) is 11.2. The molecule has 94 valence electrons. The molecule has 0 aliphatic carbocycles. The van der Waals surface area contributed by atoms with Crippen molar-refractivity contribution in [2.45, 2.75) is 53.1 Å². The standard InChI is InChI=1S/C13H26N2O/c1-8(2)10(4)13(16)15-12-9(3)6-7-14-11(12)5/h8-12,14H,6-7H2,1-5H3,(H,15,16). The molecular formula is C13H26N2O. The molecule has 1 amide bonds. The summed E-state index contributed by atoms with van der Waals surface area (Å²) in [6, 6.07) is 0.662. The van der Waals surface area contributed by atoms with E-state index in [9.17, 15) is 4.79 Å². The zero-order valence-corrected chi connectivity index (χ0v) is 11.2. The van der Waals surface area contributed by atoms with Crippen molar-refractivity contribution in [2.75, 3.05) is 6.54 Å². The molecule has 1 rings (SSSR count). The maximum Gasteiger partial charge on any atom is 0.223 e. The van der Waals surface area contributed by atoms with Crippen molar-refractivity contribution < 1.29 is 4.79 Å². The van der Waals surface area contributed by atoms with Crippen LogP contribution in [-0.4, -0.2) is 24.5 Å². The fraction of sp³-hybridized carbons (Fsp3) is 0.923. The van der Waals surface area contributed by atoms with Crippen LogP contribution in [0.2, 0.25) is 0 Å². The van der Waals surface area contributed by atoms with E-state index in [0.29, 0.717) is 17.9 Å². The summed E-state index contributed by atoms with van der Waals surface area (Å²) in [6.45, 7) is 11.6. The number of rotatable bonds is 3. The van der Waals surface area contributed by atoms with E-state index >= 15 is 0 Å². The van der Waals surface area contributed by atoms with Crippen LogP contribution in [0.3, 0.4) is 0 Å². The van der Waals surface area contributed by atoms with E-state index in [-0.39, 0.29) is 17.9 Å². The summed E-state index contributed by atoms with van der Waals surface area (Å²) >= 11 is 0. The number of carbonyl (C=O) groups excluding carboxylic acids is 1. The Kier molecular flexibility index (Phi) is 4.78. The Morgan fingerprint density at radius 1 is 1.31 bits per heavy atom. The largest absolute Gasteiger partial charge is 0.351 e. The number of nitrogens with one attached hydrogen (secondary N) is 2. The van der Waals surface area contributed by atoms with Crippen molar-refractivity contribution in [3.8, 4) is 0 Å². The Morgan fingerprint density at radius 3 is 2.44 bits per heavy atom. The molecule has 0 bridgehead atoms. The Morgan fingerprint density at radius 2 is 1.94 bits per heavy atom. The summed E-state index contributed by atoms with van der Waals surface area (Å²) in [5.74, 6) is 1.27. The highest BCUT2D eigenvalue weighted by molar-refractivity contribution is 5.78. The number of carbonyl (C=O) groups is 1. The predicted octanol–water partition coefficient (Wildman–Crippen LogP) is 1.78. The molecule has 1 aliphatic rings. The molecule has 4 atom stereocenters. The number of hydrogen-bond donors (Lipinski definition) is 2. The van der Waals surface area contributed by atoms with Crippen molar-refractivity contribution in [1.82, 2.24) is 10.6 Å². The second kappa shape index (κ2) is 5.67. The third-order valence-corrected chi connectivity index (χ3v) is 3.94. The lowest BCUT2D eigenvalue weighted by atomic mass is 9.88. The van der Waals surface area contributed by atoms with Crippen LogP contribution in [0.1, 0.15) is 41.0 Å². The fourth-order valence-corrected chi connectivity index (χ4v) is 2.20. The Labute approximate surface area is 99.4 Å². The van der Waals surface area contributed by atoms with Crippen LogP contribution in [0.15, 0.2) is 0 Å². The smallest absolute Gasteiger partial charge is 0.223 e. The van der Waals surface area contributed by atoms with Gasteiger partial charge >= 0.3 is 0 Å². The molecule has 1 fully saturated rings. The summed E-state index contributed by atoms with van der Waals surface area (Å²) in [5, 5.41) is 6.62. The molecule has 2 N–H and O–H groups in total. The van der Waals surface area contributed by atoms with E-state index in [1.807, 2.05) is 6.92 Å². The molecule has 3 heteroatoms. The third-order valence-electron chi connectivity index (χ3n) is 3.94. The Bertz CT molecular complexity index is 230. The van der Waals surface area contributed by atoms with Crippen LogP contribution < -0.4 is 10.6 Å². The molecule has 0 aromatic heterocycles. The maximum absolute atomic E-state index is 12.0. The summed E-state index contributed by atoms with van der Waals surface area (Å²) in [6.07, 6.45) is 1.14. The first-order valence-corrected chi connectivity index (χ1v) is 6.47. The van der Waals surface area contributed by atoms with Crippen LogP contribution in [0, 0.1) is 17.8 Å². The minimum atomic E-state index is 0.0985. The van der Waals surface area contributed by atoms with Gasteiger partial charge in [0.05, 0.1) is 0 Å². The van der Waals surface area contributed by atoms with Crippen LogP contribution in [0.25, 0.3) is 0 Å². The molecular weight excluding hydrogens is 200 g/mol.